The van der Waals surface area contributed by atoms with Gasteiger partial charge in [-0.15, -0.1) is 0 Å². The molecule has 4 rings (SSSR count). The summed E-state index contributed by atoms with van der Waals surface area (Å²) in [5.41, 5.74) is 2.32. The van der Waals surface area contributed by atoms with Crippen molar-refractivity contribution in [2.75, 3.05) is 14.8 Å². The molecule has 4 aromatic carbocycles. The van der Waals surface area contributed by atoms with Gasteiger partial charge >= 0.3 is 0 Å². The van der Waals surface area contributed by atoms with Crippen molar-refractivity contribution in [2.45, 2.75) is 23.6 Å². The molecule has 0 aliphatic carbocycles. The molecule has 0 aromatic heterocycles. The zero-order chi connectivity index (χ0) is 26.6. The van der Waals surface area contributed by atoms with Crippen LogP contribution in [-0.4, -0.2) is 22.7 Å². The summed E-state index contributed by atoms with van der Waals surface area (Å²) in [6.07, 6.45) is 0. The van der Waals surface area contributed by atoms with E-state index >= 15 is 0 Å². The summed E-state index contributed by atoms with van der Waals surface area (Å²) in [4.78, 5) is 12.9. The molecular weight excluding hydrogens is 510 g/mol. The Morgan fingerprint density at radius 3 is 1.59 bits per heavy atom. The van der Waals surface area contributed by atoms with Crippen molar-refractivity contribution in [2.24, 2.45) is 0 Å². The molecule has 8 nitrogen and oxygen atoms in total. The van der Waals surface area contributed by atoms with Crippen LogP contribution >= 0.6 is 0 Å². The van der Waals surface area contributed by atoms with Crippen LogP contribution in [0.3, 0.4) is 0 Å². The Morgan fingerprint density at radius 2 is 1.08 bits per heavy atom. The second-order valence-corrected chi connectivity index (χ2v) is 11.8. The minimum atomic E-state index is -4.10. The third-order valence-electron chi connectivity index (χ3n) is 5.46. The van der Waals surface area contributed by atoms with Crippen molar-refractivity contribution in [3.8, 4) is 0 Å². The molecule has 4 aromatic rings. The number of amides is 1. The average Bonchev–Trinajstić information content (AvgIpc) is 2.86. The van der Waals surface area contributed by atoms with Crippen LogP contribution in [0.4, 0.5) is 17.1 Å². The Hall–Kier alpha value is -4.15. The summed E-state index contributed by atoms with van der Waals surface area (Å²) in [7, 11) is -8.14. The number of carbonyl (C=O) groups excluding carboxylic acids is 1. The van der Waals surface area contributed by atoms with Gasteiger partial charge in [-0.2, -0.15) is 0 Å². The second kappa shape index (κ2) is 10.5. The fourth-order valence-corrected chi connectivity index (χ4v) is 5.58. The van der Waals surface area contributed by atoms with Crippen LogP contribution in [0.1, 0.15) is 21.5 Å². The normalized spacial score (nSPS) is 11.5. The smallest absolute Gasteiger partial charge is 0.261 e. The minimum absolute atomic E-state index is 0.00965. The van der Waals surface area contributed by atoms with E-state index < -0.39 is 26.0 Å². The first-order valence-electron chi connectivity index (χ1n) is 11.2. The van der Waals surface area contributed by atoms with E-state index in [4.69, 9.17) is 0 Å². The van der Waals surface area contributed by atoms with Gasteiger partial charge in [-0.3, -0.25) is 14.2 Å². The Balaban J connectivity index is 1.72. The summed E-state index contributed by atoms with van der Waals surface area (Å²) in [5, 5.41) is 2.73. The lowest BCUT2D eigenvalue weighted by molar-refractivity contribution is 0.102. The Labute approximate surface area is 216 Å². The Kier molecular flexibility index (Phi) is 7.33. The number of nitrogens with one attached hydrogen (secondary N) is 3. The number of para-hydroxylation sites is 1. The highest BCUT2D eigenvalue weighted by Crippen LogP contribution is 2.29. The number of rotatable bonds is 8. The molecule has 0 unspecified atom stereocenters. The second-order valence-electron chi connectivity index (χ2n) is 8.42. The predicted molar refractivity (Wildman–Crippen MR) is 145 cm³/mol. The summed E-state index contributed by atoms with van der Waals surface area (Å²) in [5.74, 6) is -0.491. The fraction of sp³-hybridized carbons (Fsp3) is 0.0741. The highest BCUT2D eigenvalue weighted by Gasteiger charge is 2.21. The number of aryl methyl sites for hydroxylation is 2. The van der Waals surface area contributed by atoms with Gasteiger partial charge in [0.2, 0.25) is 0 Å². The molecule has 0 aliphatic heterocycles. The number of hydrogen-bond acceptors (Lipinski definition) is 5. The van der Waals surface area contributed by atoms with Crippen molar-refractivity contribution < 1.29 is 21.6 Å². The van der Waals surface area contributed by atoms with Gasteiger partial charge in [0, 0.05) is 11.3 Å². The first kappa shape index (κ1) is 25.9. The van der Waals surface area contributed by atoms with E-state index in [1.54, 1.807) is 48.5 Å². The number of hydrogen-bond donors (Lipinski definition) is 3. The van der Waals surface area contributed by atoms with Gasteiger partial charge in [-0.1, -0.05) is 53.6 Å². The topological polar surface area (TPSA) is 121 Å². The van der Waals surface area contributed by atoms with E-state index in [9.17, 15) is 21.6 Å². The van der Waals surface area contributed by atoms with Gasteiger partial charge in [-0.05, 0) is 68.4 Å². The van der Waals surface area contributed by atoms with Gasteiger partial charge in [-0.25, -0.2) is 16.8 Å². The van der Waals surface area contributed by atoms with E-state index in [0.717, 1.165) is 11.1 Å². The summed E-state index contributed by atoms with van der Waals surface area (Å²) in [6, 6.07) is 25.2. The molecule has 3 N–H and O–H groups in total. The monoisotopic (exact) mass is 535 g/mol. The van der Waals surface area contributed by atoms with Crippen molar-refractivity contribution >= 4 is 43.0 Å². The molecule has 0 bridgehead atoms. The van der Waals surface area contributed by atoms with Crippen LogP contribution in [0, 0.1) is 13.8 Å². The minimum Gasteiger partial charge on any atom is -0.322 e. The van der Waals surface area contributed by atoms with Gasteiger partial charge < -0.3 is 5.32 Å². The molecule has 0 spiro atoms. The largest absolute Gasteiger partial charge is 0.322 e. The van der Waals surface area contributed by atoms with E-state index in [1.165, 1.54) is 42.5 Å². The predicted octanol–water partition coefficient (Wildman–Crippen LogP) is 5.16. The first-order chi connectivity index (χ1) is 17.5. The van der Waals surface area contributed by atoms with E-state index in [1.807, 2.05) is 19.9 Å². The zero-order valence-corrected chi connectivity index (χ0v) is 21.7. The molecule has 0 fully saturated rings. The molecule has 0 atom stereocenters. The molecule has 10 heteroatoms. The van der Waals surface area contributed by atoms with Gasteiger partial charge in [0.1, 0.15) is 0 Å². The third-order valence-corrected chi connectivity index (χ3v) is 8.23. The van der Waals surface area contributed by atoms with Crippen LogP contribution in [-0.2, 0) is 20.0 Å². The van der Waals surface area contributed by atoms with Crippen LogP contribution in [0.5, 0.6) is 0 Å². The highest BCUT2D eigenvalue weighted by molar-refractivity contribution is 7.93. The van der Waals surface area contributed by atoms with Crippen molar-refractivity contribution in [3.63, 3.8) is 0 Å². The summed E-state index contributed by atoms with van der Waals surface area (Å²) in [6.45, 7) is 3.66. The van der Waals surface area contributed by atoms with E-state index in [0.29, 0.717) is 5.69 Å². The molecular formula is C27H25N3O5S2. The Bertz CT molecular complexity index is 1640. The average molecular weight is 536 g/mol. The van der Waals surface area contributed by atoms with Gasteiger partial charge in [0.25, 0.3) is 26.0 Å². The fourth-order valence-electron chi connectivity index (χ4n) is 3.43. The lowest BCUT2D eigenvalue weighted by Gasteiger charge is -2.16. The van der Waals surface area contributed by atoms with Crippen molar-refractivity contribution in [3.05, 3.63) is 114 Å². The van der Waals surface area contributed by atoms with Crippen LogP contribution in [0.25, 0.3) is 0 Å². The van der Waals surface area contributed by atoms with Crippen LogP contribution in [0.2, 0.25) is 0 Å². The maximum atomic E-state index is 13.1. The lowest BCUT2D eigenvalue weighted by Crippen LogP contribution is -2.19. The van der Waals surface area contributed by atoms with Gasteiger partial charge in [0.05, 0.1) is 21.2 Å². The van der Waals surface area contributed by atoms with Crippen LogP contribution < -0.4 is 14.8 Å². The molecule has 1 amide bonds. The summed E-state index contributed by atoms with van der Waals surface area (Å²) >= 11 is 0. The maximum Gasteiger partial charge on any atom is 0.261 e. The maximum absolute atomic E-state index is 13.1. The summed E-state index contributed by atoms with van der Waals surface area (Å²) < 4.78 is 57.2. The highest BCUT2D eigenvalue weighted by atomic mass is 32.2. The first-order valence-corrected chi connectivity index (χ1v) is 14.2. The van der Waals surface area contributed by atoms with E-state index in [-0.39, 0.29) is 26.7 Å². The van der Waals surface area contributed by atoms with Crippen molar-refractivity contribution in [1.82, 2.24) is 0 Å². The molecule has 0 radical (unpaired) electrons. The van der Waals surface area contributed by atoms with E-state index in [2.05, 4.69) is 14.8 Å². The molecule has 37 heavy (non-hydrogen) atoms. The number of carbonyl (C=O) groups is 1. The molecule has 0 saturated heterocycles. The molecule has 0 heterocycles. The van der Waals surface area contributed by atoms with Crippen molar-refractivity contribution in [1.29, 1.82) is 0 Å². The Morgan fingerprint density at radius 1 is 0.595 bits per heavy atom. The van der Waals surface area contributed by atoms with Gasteiger partial charge in [0.15, 0.2) is 0 Å². The molecule has 190 valence electrons. The number of sulfonamides is 2. The lowest BCUT2D eigenvalue weighted by atomic mass is 10.1. The standard InChI is InChI=1S/C27H25N3O5S2/c1-19-8-13-23(14-9-19)36(32,33)29-25-17-12-21(27(31)28-22-6-4-3-5-7-22)18-26(25)30-37(34,35)24-15-10-20(2)11-16-24/h3-18,29-30H,1-2H3,(H,28,31). The molecule has 0 saturated carbocycles. The third kappa shape index (κ3) is 6.35. The number of anilines is 3. The zero-order valence-electron chi connectivity index (χ0n) is 20.1. The SMILES string of the molecule is Cc1ccc(S(=O)(=O)Nc2ccc(C(=O)Nc3ccccc3)cc2NS(=O)(=O)c2ccc(C)cc2)cc1. The molecule has 0 aliphatic rings. The quantitative estimate of drug-likeness (QED) is 0.288. The van der Waals surface area contributed by atoms with Crippen LogP contribution in [0.15, 0.2) is 107 Å². The number of benzene rings is 4.